The van der Waals surface area contributed by atoms with Crippen molar-refractivity contribution in [3.8, 4) is 5.75 Å². The number of anilines is 1. The van der Waals surface area contributed by atoms with Gasteiger partial charge in [0.1, 0.15) is 11.3 Å². The van der Waals surface area contributed by atoms with E-state index >= 15 is 0 Å². The molecule has 0 radical (unpaired) electrons. The molecule has 21 heavy (non-hydrogen) atoms. The van der Waals surface area contributed by atoms with E-state index in [0.717, 1.165) is 24.1 Å². The van der Waals surface area contributed by atoms with E-state index in [0.29, 0.717) is 12.3 Å². The maximum Gasteiger partial charge on any atom is 0.263 e. The van der Waals surface area contributed by atoms with Gasteiger partial charge in [-0.25, -0.2) is 0 Å². The van der Waals surface area contributed by atoms with E-state index < -0.39 is 0 Å². The highest BCUT2D eigenvalue weighted by molar-refractivity contribution is 6.07. The third-order valence-electron chi connectivity index (χ3n) is 3.70. The van der Waals surface area contributed by atoms with Crippen LogP contribution >= 0.6 is 0 Å². The fourth-order valence-electron chi connectivity index (χ4n) is 2.71. The lowest BCUT2D eigenvalue weighted by Gasteiger charge is -2.30. The first-order valence-electron chi connectivity index (χ1n) is 6.87. The number of nitrogens with one attached hydrogen (secondary N) is 1. The summed E-state index contributed by atoms with van der Waals surface area (Å²) in [4.78, 5) is 29.0. The number of carbonyl (C=O) groups is 1. The van der Waals surface area contributed by atoms with E-state index in [1.165, 1.54) is 18.5 Å². The lowest BCUT2D eigenvalue weighted by Crippen LogP contribution is -2.38. The molecule has 2 aromatic rings. The number of methoxy groups -OCH3 is 1. The van der Waals surface area contributed by atoms with E-state index in [9.17, 15) is 9.59 Å². The molecule has 0 saturated heterocycles. The van der Waals surface area contributed by atoms with Crippen LogP contribution < -0.4 is 15.1 Å². The van der Waals surface area contributed by atoms with E-state index in [1.54, 1.807) is 12.0 Å². The fraction of sp³-hybridized carbons (Fsp3) is 0.250. The maximum absolute atomic E-state index is 12.7. The summed E-state index contributed by atoms with van der Waals surface area (Å²) in [5, 5.41) is 0. The fourth-order valence-corrected chi connectivity index (χ4v) is 2.71. The number of hydrogen-bond donors (Lipinski definition) is 1. The normalized spacial score (nSPS) is 13.7. The summed E-state index contributed by atoms with van der Waals surface area (Å²) in [5.74, 6) is 0.371. The quantitative estimate of drug-likeness (QED) is 0.917. The Kier molecular flexibility index (Phi) is 3.48. The molecule has 1 amide bonds. The second-order valence-electron chi connectivity index (χ2n) is 4.95. The molecule has 0 bridgehead atoms. The van der Waals surface area contributed by atoms with Crippen molar-refractivity contribution in [1.29, 1.82) is 0 Å². The summed E-state index contributed by atoms with van der Waals surface area (Å²) in [7, 11) is 1.59. The highest BCUT2D eigenvalue weighted by Gasteiger charge is 2.27. The van der Waals surface area contributed by atoms with Crippen LogP contribution in [-0.4, -0.2) is 24.5 Å². The van der Waals surface area contributed by atoms with Crippen LogP contribution in [0.15, 0.2) is 41.5 Å². The van der Waals surface area contributed by atoms with E-state index in [1.807, 2.05) is 18.2 Å². The van der Waals surface area contributed by atoms with Crippen LogP contribution in [0.5, 0.6) is 5.75 Å². The van der Waals surface area contributed by atoms with Crippen molar-refractivity contribution in [3.63, 3.8) is 0 Å². The number of hydrogen-bond acceptors (Lipinski definition) is 3. The van der Waals surface area contributed by atoms with Crippen molar-refractivity contribution in [2.75, 3.05) is 18.6 Å². The maximum atomic E-state index is 12.7. The Hall–Kier alpha value is -2.56. The Morgan fingerprint density at radius 2 is 2.19 bits per heavy atom. The first-order valence-corrected chi connectivity index (χ1v) is 6.87. The molecule has 0 fully saturated rings. The number of aryl methyl sites for hydroxylation is 1. The topological polar surface area (TPSA) is 62.4 Å². The number of rotatable bonds is 2. The summed E-state index contributed by atoms with van der Waals surface area (Å²) in [6.45, 7) is 0.584. The minimum atomic E-state index is -0.290. The van der Waals surface area contributed by atoms with Gasteiger partial charge < -0.3 is 14.6 Å². The highest BCUT2D eigenvalue weighted by Crippen LogP contribution is 2.36. The van der Waals surface area contributed by atoms with Crippen molar-refractivity contribution in [2.24, 2.45) is 0 Å². The first-order chi connectivity index (χ1) is 10.2. The van der Waals surface area contributed by atoms with Gasteiger partial charge in [-0.2, -0.15) is 0 Å². The van der Waals surface area contributed by atoms with Gasteiger partial charge in [-0.05, 0) is 24.5 Å². The van der Waals surface area contributed by atoms with E-state index in [4.69, 9.17) is 4.74 Å². The zero-order chi connectivity index (χ0) is 14.8. The number of ether oxygens (including phenoxy) is 1. The number of fused-ring (bicyclic) bond motifs is 1. The largest absolute Gasteiger partial charge is 0.495 e. The van der Waals surface area contributed by atoms with Crippen LogP contribution in [-0.2, 0) is 6.42 Å². The Bertz CT molecular complexity index is 722. The molecule has 1 aliphatic heterocycles. The van der Waals surface area contributed by atoms with Crippen molar-refractivity contribution in [2.45, 2.75) is 12.8 Å². The molecule has 0 atom stereocenters. The number of benzene rings is 1. The van der Waals surface area contributed by atoms with Crippen molar-refractivity contribution >= 4 is 11.6 Å². The van der Waals surface area contributed by atoms with Gasteiger partial charge in [-0.3, -0.25) is 9.59 Å². The van der Waals surface area contributed by atoms with Crippen molar-refractivity contribution < 1.29 is 9.53 Å². The second kappa shape index (κ2) is 5.44. The summed E-state index contributed by atoms with van der Waals surface area (Å²) in [5.41, 5.74) is 1.72. The third kappa shape index (κ3) is 2.31. The van der Waals surface area contributed by atoms with Gasteiger partial charge >= 0.3 is 0 Å². The number of pyridine rings is 1. The minimum Gasteiger partial charge on any atom is -0.495 e. The molecule has 0 unspecified atom stereocenters. The van der Waals surface area contributed by atoms with Gasteiger partial charge in [-0.15, -0.1) is 0 Å². The second-order valence-corrected chi connectivity index (χ2v) is 4.95. The Morgan fingerprint density at radius 3 is 2.95 bits per heavy atom. The smallest absolute Gasteiger partial charge is 0.263 e. The Morgan fingerprint density at radius 1 is 1.33 bits per heavy atom. The molecule has 1 aliphatic rings. The number of aromatic nitrogens is 1. The van der Waals surface area contributed by atoms with Crippen LogP contribution in [0.25, 0.3) is 0 Å². The van der Waals surface area contributed by atoms with Crippen molar-refractivity contribution in [1.82, 2.24) is 4.98 Å². The third-order valence-corrected chi connectivity index (χ3v) is 3.70. The van der Waals surface area contributed by atoms with Crippen molar-refractivity contribution in [3.05, 3.63) is 58.0 Å². The number of para-hydroxylation sites is 1. The summed E-state index contributed by atoms with van der Waals surface area (Å²) in [6.07, 6.45) is 4.75. The summed E-state index contributed by atoms with van der Waals surface area (Å²) < 4.78 is 5.38. The Labute approximate surface area is 122 Å². The first kappa shape index (κ1) is 13.4. The van der Waals surface area contributed by atoms with Crippen LogP contribution in [0.3, 0.4) is 0 Å². The molecule has 1 aromatic carbocycles. The number of nitrogens with zero attached hydrogens (tertiary/aromatic N) is 1. The van der Waals surface area contributed by atoms with Gasteiger partial charge in [-0.1, -0.05) is 12.1 Å². The summed E-state index contributed by atoms with van der Waals surface area (Å²) in [6, 6.07) is 7.10. The van der Waals surface area contributed by atoms with Gasteiger partial charge in [0.15, 0.2) is 5.43 Å². The number of amides is 1. The molecule has 0 saturated carbocycles. The standard InChI is InChI=1S/C16H16N2O3/c1-21-14-6-2-4-11-5-3-9-18(15(11)14)16(20)12-10-17-8-7-13(12)19/h2,4,6-8,10H,3,5,9H2,1H3,(H,17,19). The molecule has 0 aliphatic carbocycles. The SMILES string of the molecule is COc1cccc2c1N(C(=O)c1c[nH]ccc1=O)CCC2. The zero-order valence-electron chi connectivity index (χ0n) is 11.8. The highest BCUT2D eigenvalue weighted by atomic mass is 16.5. The molecule has 1 N–H and O–H groups in total. The molecule has 5 heteroatoms. The predicted molar refractivity (Wildman–Crippen MR) is 80.1 cm³/mol. The molecular formula is C16H16N2O3. The van der Waals surface area contributed by atoms with Gasteiger partial charge in [0.2, 0.25) is 0 Å². The van der Waals surface area contributed by atoms with Crippen LogP contribution in [0.2, 0.25) is 0 Å². The van der Waals surface area contributed by atoms with E-state index in [2.05, 4.69) is 4.98 Å². The van der Waals surface area contributed by atoms with Gasteiger partial charge in [0.25, 0.3) is 5.91 Å². The van der Waals surface area contributed by atoms with Gasteiger partial charge in [0, 0.05) is 25.0 Å². The number of H-pyrrole nitrogens is 1. The molecule has 3 rings (SSSR count). The minimum absolute atomic E-state index is 0.149. The average molecular weight is 284 g/mol. The predicted octanol–water partition coefficient (Wildman–Crippen LogP) is 1.98. The average Bonchev–Trinajstić information content (AvgIpc) is 2.53. The molecule has 5 nitrogen and oxygen atoms in total. The molecule has 1 aromatic heterocycles. The molecule has 2 heterocycles. The Balaban J connectivity index is 2.08. The molecular weight excluding hydrogens is 268 g/mol. The summed E-state index contributed by atoms with van der Waals surface area (Å²) >= 11 is 0. The molecule has 108 valence electrons. The van der Waals surface area contributed by atoms with Gasteiger partial charge in [0.05, 0.1) is 12.8 Å². The lowest BCUT2D eigenvalue weighted by molar-refractivity contribution is 0.0983. The molecule has 0 spiro atoms. The number of aromatic amines is 1. The van der Waals surface area contributed by atoms with Crippen LogP contribution in [0.1, 0.15) is 22.3 Å². The number of carbonyl (C=O) groups excluding carboxylic acids is 1. The lowest BCUT2D eigenvalue weighted by atomic mass is 10.00. The monoisotopic (exact) mass is 284 g/mol. The zero-order valence-corrected chi connectivity index (χ0v) is 11.8. The van der Waals surface area contributed by atoms with Crippen LogP contribution in [0, 0.1) is 0 Å². The van der Waals surface area contributed by atoms with Crippen LogP contribution in [0.4, 0.5) is 5.69 Å². The van der Waals surface area contributed by atoms with E-state index in [-0.39, 0.29) is 16.9 Å².